The molecule has 0 amide bonds. The molecule has 3 rings (SSSR count). The van der Waals surface area contributed by atoms with Gasteiger partial charge in [0.1, 0.15) is 29.4 Å². The van der Waals surface area contributed by atoms with Crippen LogP contribution in [0.3, 0.4) is 0 Å². The first-order valence-electron chi connectivity index (χ1n) is 7.86. The highest BCUT2D eigenvalue weighted by atomic mass is 19.3. The average Bonchev–Trinajstić information content (AvgIpc) is 2.62. The Balaban J connectivity index is 1.74. The van der Waals surface area contributed by atoms with Crippen LogP contribution in [0.25, 0.3) is 0 Å². The van der Waals surface area contributed by atoms with Crippen LogP contribution in [0.15, 0.2) is 36.4 Å². The van der Waals surface area contributed by atoms with E-state index in [1.54, 1.807) is 12.1 Å². The van der Waals surface area contributed by atoms with Crippen LogP contribution in [0.5, 0.6) is 5.75 Å². The molecule has 1 saturated heterocycles. The van der Waals surface area contributed by atoms with Crippen molar-refractivity contribution in [2.45, 2.75) is 19.6 Å². The lowest BCUT2D eigenvalue weighted by atomic mass is 10.1. The van der Waals surface area contributed by atoms with Crippen molar-refractivity contribution in [2.24, 2.45) is 0 Å². The first kappa shape index (κ1) is 17.1. The number of benzene rings is 1. The summed E-state index contributed by atoms with van der Waals surface area (Å²) >= 11 is 0. The SMILES string of the molecule is Cc1ccc(N2CCO[C@H](c3ccc(OC(F)F)cc3)C2)nc1C#N. The summed E-state index contributed by atoms with van der Waals surface area (Å²) in [5.74, 6) is 0.846. The summed E-state index contributed by atoms with van der Waals surface area (Å²) in [4.78, 5) is 6.45. The highest BCUT2D eigenvalue weighted by molar-refractivity contribution is 5.45. The number of aromatic nitrogens is 1. The highest BCUT2D eigenvalue weighted by Crippen LogP contribution is 2.27. The lowest BCUT2D eigenvalue weighted by molar-refractivity contribution is -0.0498. The first-order chi connectivity index (χ1) is 12.1. The van der Waals surface area contributed by atoms with E-state index in [0.29, 0.717) is 25.4 Å². The number of nitriles is 1. The van der Waals surface area contributed by atoms with Gasteiger partial charge in [0.25, 0.3) is 0 Å². The number of alkyl halides is 2. The molecule has 2 heterocycles. The Morgan fingerprint density at radius 2 is 2.04 bits per heavy atom. The predicted octanol–water partition coefficient (Wildman–Crippen LogP) is 3.44. The van der Waals surface area contributed by atoms with Crippen LogP contribution < -0.4 is 9.64 Å². The molecular formula is C18H17F2N3O2. The number of ether oxygens (including phenoxy) is 2. The van der Waals surface area contributed by atoms with E-state index in [-0.39, 0.29) is 11.9 Å². The molecule has 130 valence electrons. The van der Waals surface area contributed by atoms with E-state index >= 15 is 0 Å². The van der Waals surface area contributed by atoms with E-state index in [9.17, 15) is 8.78 Å². The number of halogens is 2. The molecule has 7 heteroatoms. The third-order valence-corrected chi connectivity index (χ3v) is 4.06. The summed E-state index contributed by atoms with van der Waals surface area (Å²) in [6.45, 7) is 0.756. The van der Waals surface area contributed by atoms with Crippen molar-refractivity contribution >= 4 is 5.82 Å². The van der Waals surface area contributed by atoms with E-state index in [4.69, 9.17) is 10.00 Å². The molecular weight excluding hydrogens is 328 g/mol. The molecule has 1 aromatic carbocycles. The van der Waals surface area contributed by atoms with Crippen LogP contribution in [0.4, 0.5) is 14.6 Å². The fraction of sp³-hybridized carbons (Fsp3) is 0.333. The zero-order valence-electron chi connectivity index (χ0n) is 13.7. The van der Waals surface area contributed by atoms with E-state index in [1.165, 1.54) is 12.1 Å². The van der Waals surface area contributed by atoms with Crippen LogP contribution in [-0.4, -0.2) is 31.3 Å². The second-order valence-corrected chi connectivity index (χ2v) is 5.70. The Labute approximate surface area is 144 Å². The molecule has 0 spiro atoms. The molecule has 0 aliphatic carbocycles. The van der Waals surface area contributed by atoms with E-state index in [0.717, 1.165) is 16.9 Å². The zero-order valence-corrected chi connectivity index (χ0v) is 13.7. The first-order valence-corrected chi connectivity index (χ1v) is 7.86. The number of anilines is 1. The predicted molar refractivity (Wildman–Crippen MR) is 87.7 cm³/mol. The second kappa shape index (κ2) is 7.45. The summed E-state index contributed by atoms with van der Waals surface area (Å²) in [6.07, 6.45) is -0.206. The van der Waals surface area contributed by atoms with Crippen molar-refractivity contribution in [2.75, 3.05) is 24.6 Å². The maximum absolute atomic E-state index is 12.2. The number of hydrogen-bond acceptors (Lipinski definition) is 5. The number of aryl methyl sites for hydroxylation is 1. The van der Waals surface area contributed by atoms with E-state index in [1.807, 2.05) is 19.1 Å². The van der Waals surface area contributed by atoms with Gasteiger partial charge in [-0.05, 0) is 36.2 Å². The van der Waals surface area contributed by atoms with Gasteiger partial charge in [-0.2, -0.15) is 14.0 Å². The van der Waals surface area contributed by atoms with Gasteiger partial charge in [-0.15, -0.1) is 0 Å². The largest absolute Gasteiger partial charge is 0.435 e. The molecule has 25 heavy (non-hydrogen) atoms. The minimum atomic E-state index is -2.84. The van der Waals surface area contributed by atoms with Crippen molar-refractivity contribution in [1.29, 1.82) is 5.26 Å². The van der Waals surface area contributed by atoms with Crippen LogP contribution >= 0.6 is 0 Å². The maximum atomic E-state index is 12.2. The molecule has 0 unspecified atom stereocenters. The monoisotopic (exact) mass is 345 g/mol. The average molecular weight is 345 g/mol. The quantitative estimate of drug-likeness (QED) is 0.850. The van der Waals surface area contributed by atoms with Crippen LogP contribution in [0.1, 0.15) is 22.9 Å². The number of pyridine rings is 1. The lowest BCUT2D eigenvalue weighted by Crippen LogP contribution is -2.39. The van der Waals surface area contributed by atoms with Crippen molar-refractivity contribution in [3.8, 4) is 11.8 Å². The fourth-order valence-electron chi connectivity index (χ4n) is 2.73. The van der Waals surface area contributed by atoms with E-state index < -0.39 is 6.61 Å². The highest BCUT2D eigenvalue weighted by Gasteiger charge is 2.23. The number of morpholine rings is 1. The summed E-state index contributed by atoms with van der Waals surface area (Å²) in [6, 6.07) is 12.3. The van der Waals surface area contributed by atoms with Gasteiger partial charge in [0.15, 0.2) is 0 Å². The summed E-state index contributed by atoms with van der Waals surface area (Å²) in [7, 11) is 0. The third-order valence-electron chi connectivity index (χ3n) is 4.06. The molecule has 5 nitrogen and oxygen atoms in total. The minimum absolute atomic E-state index is 0.116. The van der Waals surface area contributed by atoms with Crippen LogP contribution in [0.2, 0.25) is 0 Å². The molecule has 1 atom stereocenters. The molecule has 2 aromatic rings. The fourth-order valence-corrected chi connectivity index (χ4v) is 2.73. The zero-order chi connectivity index (χ0) is 17.8. The Kier molecular flexibility index (Phi) is 5.10. The summed E-state index contributed by atoms with van der Waals surface area (Å²) in [5.41, 5.74) is 2.12. The van der Waals surface area contributed by atoms with Crippen molar-refractivity contribution in [1.82, 2.24) is 4.98 Å². The second-order valence-electron chi connectivity index (χ2n) is 5.70. The molecule has 1 aromatic heterocycles. The Morgan fingerprint density at radius 1 is 1.28 bits per heavy atom. The topological polar surface area (TPSA) is 58.4 Å². The van der Waals surface area contributed by atoms with Gasteiger partial charge in [0, 0.05) is 13.1 Å². The van der Waals surface area contributed by atoms with Gasteiger partial charge in [0.05, 0.1) is 6.61 Å². The van der Waals surface area contributed by atoms with E-state index in [2.05, 4.69) is 20.7 Å². The van der Waals surface area contributed by atoms with Crippen molar-refractivity contribution in [3.63, 3.8) is 0 Å². The lowest BCUT2D eigenvalue weighted by Gasteiger charge is -2.34. The van der Waals surface area contributed by atoms with Gasteiger partial charge < -0.3 is 14.4 Å². The molecule has 1 fully saturated rings. The molecule has 0 saturated carbocycles. The number of hydrogen-bond donors (Lipinski definition) is 0. The van der Waals surface area contributed by atoms with Gasteiger partial charge in [-0.25, -0.2) is 4.98 Å². The van der Waals surface area contributed by atoms with Gasteiger partial charge in [-0.1, -0.05) is 18.2 Å². The molecule has 1 aliphatic heterocycles. The summed E-state index contributed by atoms with van der Waals surface area (Å²) in [5, 5.41) is 9.14. The van der Waals surface area contributed by atoms with Gasteiger partial charge in [0.2, 0.25) is 0 Å². The van der Waals surface area contributed by atoms with Gasteiger partial charge >= 0.3 is 6.61 Å². The smallest absolute Gasteiger partial charge is 0.387 e. The van der Waals surface area contributed by atoms with Crippen molar-refractivity contribution in [3.05, 3.63) is 53.2 Å². The molecule has 1 aliphatic rings. The van der Waals surface area contributed by atoms with Crippen LogP contribution in [0, 0.1) is 18.3 Å². The standard InChI is InChI=1S/C18H17F2N3O2/c1-12-2-7-17(22-15(12)10-21)23-8-9-24-16(11-23)13-3-5-14(6-4-13)25-18(19)20/h2-7,16,18H,8-9,11H2,1H3/t16-/m0/s1. The summed E-state index contributed by atoms with van der Waals surface area (Å²) < 4.78 is 34.6. The minimum Gasteiger partial charge on any atom is -0.435 e. The van der Waals surface area contributed by atoms with Crippen LogP contribution in [-0.2, 0) is 4.74 Å². The Hall–Kier alpha value is -2.72. The third kappa shape index (κ3) is 4.03. The number of rotatable bonds is 4. The Bertz CT molecular complexity index is 775. The molecule has 0 radical (unpaired) electrons. The normalized spacial score (nSPS) is 17.4. The van der Waals surface area contributed by atoms with Gasteiger partial charge in [-0.3, -0.25) is 0 Å². The molecule has 0 N–H and O–H groups in total. The van der Waals surface area contributed by atoms with Crippen molar-refractivity contribution < 1.29 is 18.3 Å². The maximum Gasteiger partial charge on any atom is 0.387 e. The number of nitrogens with zero attached hydrogens (tertiary/aromatic N) is 3. The Morgan fingerprint density at radius 3 is 2.72 bits per heavy atom. The molecule has 0 bridgehead atoms.